The lowest BCUT2D eigenvalue weighted by Gasteiger charge is -2.10. The van der Waals surface area contributed by atoms with Crippen molar-refractivity contribution in [3.8, 4) is 16.9 Å². The first-order valence-electron chi connectivity index (χ1n) is 7.79. The van der Waals surface area contributed by atoms with Gasteiger partial charge in [0.25, 0.3) is 5.69 Å². The average molecular weight is 412 g/mol. The summed E-state index contributed by atoms with van der Waals surface area (Å²) in [5, 5.41) is 11.3. The fourth-order valence-corrected chi connectivity index (χ4v) is 2.80. The summed E-state index contributed by atoms with van der Waals surface area (Å²) < 4.78 is 5.48. The first-order valence-corrected chi connectivity index (χ1v) is 8.91. The van der Waals surface area contributed by atoms with Gasteiger partial charge in [-0.1, -0.05) is 52.3 Å². The van der Waals surface area contributed by atoms with Crippen LogP contribution in [0.5, 0.6) is 5.75 Å². The molecule has 0 spiro atoms. The molecule has 130 valence electrons. The van der Waals surface area contributed by atoms with Gasteiger partial charge in [0.1, 0.15) is 5.75 Å². The number of ether oxygens (including phenoxy) is 1. The van der Waals surface area contributed by atoms with E-state index in [0.717, 1.165) is 16.7 Å². The molecule has 0 heterocycles. The van der Waals surface area contributed by atoms with Crippen molar-refractivity contribution >= 4 is 27.6 Å². The van der Waals surface area contributed by atoms with E-state index in [1.165, 1.54) is 24.3 Å². The van der Waals surface area contributed by atoms with Gasteiger partial charge in [-0.15, -0.1) is 0 Å². The second-order valence-electron chi connectivity index (χ2n) is 5.56. The maximum absolute atomic E-state index is 12.3. The summed E-state index contributed by atoms with van der Waals surface area (Å²) in [4.78, 5) is 22.5. The Morgan fingerprint density at radius 1 is 0.962 bits per heavy atom. The van der Waals surface area contributed by atoms with Gasteiger partial charge < -0.3 is 4.74 Å². The second-order valence-corrected chi connectivity index (χ2v) is 6.12. The summed E-state index contributed by atoms with van der Waals surface area (Å²) in [5.41, 5.74) is 3.10. The van der Waals surface area contributed by atoms with Crippen LogP contribution in [0.1, 0.15) is 15.9 Å². The number of carbonyl (C=O) groups excluding carboxylic acids is 1. The number of rotatable bonds is 5. The zero-order valence-electron chi connectivity index (χ0n) is 13.6. The fourth-order valence-electron chi connectivity index (χ4n) is 2.48. The minimum absolute atomic E-state index is 0.0748. The van der Waals surface area contributed by atoms with E-state index in [1.54, 1.807) is 12.1 Å². The first-order chi connectivity index (χ1) is 12.6. The third-order valence-corrected chi connectivity index (χ3v) is 4.40. The van der Waals surface area contributed by atoms with E-state index in [0.29, 0.717) is 11.1 Å². The molecule has 3 aromatic rings. The van der Waals surface area contributed by atoms with Crippen molar-refractivity contribution in [1.82, 2.24) is 0 Å². The van der Waals surface area contributed by atoms with E-state index in [4.69, 9.17) is 4.74 Å². The molecule has 0 aliphatic heterocycles. The Labute approximate surface area is 158 Å². The monoisotopic (exact) mass is 411 g/mol. The molecule has 0 bridgehead atoms. The highest BCUT2D eigenvalue weighted by Crippen LogP contribution is 2.28. The smallest absolute Gasteiger partial charge is 0.343 e. The lowest BCUT2D eigenvalue weighted by atomic mass is 10.0. The van der Waals surface area contributed by atoms with E-state index in [2.05, 4.69) is 15.9 Å². The van der Waals surface area contributed by atoms with Crippen molar-refractivity contribution < 1.29 is 14.5 Å². The number of esters is 1. The van der Waals surface area contributed by atoms with Crippen LogP contribution in [0.3, 0.4) is 0 Å². The number of hydrogen-bond acceptors (Lipinski definition) is 4. The van der Waals surface area contributed by atoms with Gasteiger partial charge in [-0.25, -0.2) is 4.79 Å². The molecule has 0 aliphatic rings. The number of alkyl halides is 1. The van der Waals surface area contributed by atoms with Crippen molar-refractivity contribution in [3.63, 3.8) is 0 Å². The molecule has 0 atom stereocenters. The summed E-state index contributed by atoms with van der Waals surface area (Å²) >= 11 is 3.43. The molecular weight excluding hydrogens is 398 g/mol. The van der Waals surface area contributed by atoms with Crippen LogP contribution in [0.25, 0.3) is 11.1 Å². The molecule has 3 rings (SSSR count). The Morgan fingerprint density at radius 2 is 1.65 bits per heavy atom. The summed E-state index contributed by atoms with van der Waals surface area (Å²) in [7, 11) is 0. The number of nitro groups is 1. The molecule has 0 radical (unpaired) electrons. The number of nitro benzene ring substituents is 1. The lowest BCUT2D eigenvalue weighted by molar-refractivity contribution is -0.384. The van der Waals surface area contributed by atoms with Crippen LogP contribution in [0.2, 0.25) is 0 Å². The fraction of sp³-hybridized carbons (Fsp3) is 0.0500. The zero-order valence-corrected chi connectivity index (χ0v) is 15.2. The number of non-ortho nitro benzene ring substituents is 1. The zero-order chi connectivity index (χ0) is 18.5. The summed E-state index contributed by atoms with van der Waals surface area (Å²) in [5.74, 6) is -0.144. The Kier molecular flexibility index (Phi) is 5.43. The number of benzene rings is 3. The molecule has 5 nitrogen and oxygen atoms in total. The third kappa shape index (κ3) is 4.15. The van der Waals surface area contributed by atoms with E-state index >= 15 is 0 Å². The topological polar surface area (TPSA) is 69.4 Å². The maximum Gasteiger partial charge on any atom is 0.343 e. The van der Waals surface area contributed by atoms with E-state index in [9.17, 15) is 14.9 Å². The van der Waals surface area contributed by atoms with Crippen LogP contribution in [0.15, 0.2) is 72.8 Å². The van der Waals surface area contributed by atoms with Crippen LogP contribution in [-0.4, -0.2) is 10.9 Å². The molecule has 0 amide bonds. The molecule has 3 aromatic carbocycles. The van der Waals surface area contributed by atoms with Gasteiger partial charge in [-0.3, -0.25) is 10.1 Å². The molecule has 0 saturated carbocycles. The standard InChI is InChI=1S/C20H14BrNO4/c21-13-14-10-17(15-4-2-1-3-5-15)12-19(11-14)26-20(23)16-6-8-18(9-7-16)22(24)25/h1-12H,13H2. The number of hydrogen-bond donors (Lipinski definition) is 0. The van der Waals surface area contributed by atoms with Gasteiger partial charge in [0.2, 0.25) is 0 Å². The Balaban J connectivity index is 1.86. The Hall–Kier alpha value is -2.99. The summed E-state index contributed by atoms with van der Waals surface area (Å²) in [6, 6.07) is 20.7. The second kappa shape index (κ2) is 7.93. The van der Waals surface area contributed by atoms with Gasteiger partial charge in [-0.05, 0) is 41.0 Å². The molecule has 0 N–H and O–H groups in total. The lowest BCUT2D eigenvalue weighted by Crippen LogP contribution is -2.08. The highest BCUT2D eigenvalue weighted by atomic mass is 79.9. The van der Waals surface area contributed by atoms with Gasteiger partial charge in [0.05, 0.1) is 10.5 Å². The quantitative estimate of drug-likeness (QED) is 0.186. The molecule has 0 aromatic heterocycles. The molecular formula is C20H14BrNO4. The SMILES string of the molecule is O=C(Oc1cc(CBr)cc(-c2ccccc2)c1)c1ccc([N+](=O)[O-])cc1. The van der Waals surface area contributed by atoms with E-state index in [1.807, 2.05) is 36.4 Å². The number of halogens is 1. The van der Waals surface area contributed by atoms with E-state index in [-0.39, 0.29) is 11.3 Å². The minimum Gasteiger partial charge on any atom is -0.423 e. The largest absolute Gasteiger partial charge is 0.423 e. The van der Waals surface area contributed by atoms with Gasteiger partial charge >= 0.3 is 5.97 Å². The van der Waals surface area contributed by atoms with Crippen molar-refractivity contribution in [3.05, 3.63) is 94.0 Å². The highest BCUT2D eigenvalue weighted by Gasteiger charge is 2.13. The predicted molar refractivity (Wildman–Crippen MR) is 103 cm³/mol. The van der Waals surface area contributed by atoms with Crippen LogP contribution in [-0.2, 0) is 5.33 Å². The predicted octanol–water partition coefficient (Wildman–Crippen LogP) is 5.38. The Bertz CT molecular complexity index is 940. The molecule has 0 unspecified atom stereocenters. The van der Waals surface area contributed by atoms with Gasteiger partial charge in [-0.2, -0.15) is 0 Å². The molecule has 0 fully saturated rings. The number of nitrogens with zero attached hydrogens (tertiary/aromatic N) is 1. The normalized spacial score (nSPS) is 10.3. The van der Waals surface area contributed by atoms with Crippen LogP contribution < -0.4 is 4.74 Å². The molecule has 0 aliphatic carbocycles. The third-order valence-electron chi connectivity index (χ3n) is 3.75. The van der Waals surface area contributed by atoms with Crippen molar-refractivity contribution in [2.24, 2.45) is 0 Å². The van der Waals surface area contributed by atoms with Crippen molar-refractivity contribution in [1.29, 1.82) is 0 Å². The summed E-state index contributed by atoms with van der Waals surface area (Å²) in [6.45, 7) is 0. The first kappa shape index (κ1) is 17.8. The van der Waals surface area contributed by atoms with Crippen molar-refractivity contribution in [2.45, 2.75) is 5.33 Å². The number of carbonyl (C=O) groups is 1. The highest BCUT2D eigenvalue weighted by molar-refractivity contribution is 9.08. The molecule has 26 heavy (non-hydrogen) atoms. The van der Waals surface area contributed by atoms with Crippen LogP contribution >= 0.6 is 15.9 Å². The van der Waals surface area contributed by atoms with Crippen molar-refractivity contribution in [2.75, 3.05) is 0 Å². The molecule has 6 heteroatoms. The maximum atomic E-state index is 12.3. The van der Waals surface area contributed by atoms with E-state index < -0.39 is 10.9 Å². The Morgan fingerprint density at radius 3 is 2.27 bits per heavy atom. The van der Waals surface area contributed by atoms with Crippen LogP contribution in [0.4, 0.5) is 5.69 Å². The van der Waals surface area contributed by atoms with Crippen LogP contribution in [0, 0.1) is 10.1 Å². The molecule has 0 saturated heterocycles. The van der Waals surface area contributed by atoms with Gasteiger partial charge in [0, 0.05) is 17.5 Å². The van der Waals surface area contributed by atoms with Gasteiger partial charge in [0.15, 0.2) is 0 Å². The average Bonchev–Trinajstić information content (AvgIpc) is 2.68. The minimum atomic E-state index is -0.564. The summed E-state index contributed by atoms with van der Waals surface area (Å²) in [6.07, 6.45) is 0.